The van der Waals surface area contributed by atoms with E-state index in [0.717, 1.165) is 10.8 Å². The number of amides is 1. The zero-order valence-electron chi connectivity index (χ0n) is 17.0. The summed E-state index contributed by atoms with van der Waals surface area (Å²) in [4.78, 5) is 12.7. The van der Waals surface area contributed by atoms with Crippen molar-refractivity contribution >= 4 is 22.9 Å². The van der Waals surface area contributed by atoms with Crippen molar-refractivity contribution in [2.24, 2.45) is 5.10 Å². The summed E-state index contributed by atoms with van der Waals surface area (Å²) in [6.45, 7) is 5.96. The van der Waals surface area contributed by atoms with Gasteiger partial charge in [0.1, 0.15) is 5.75 Å². The summed E-state index contributed by atoms with van der Waals surface area (Å²) in [5, 5.41) is 16.3. The highest BCUT2D eigenvalue weighted by molar-refractivity contribution is 6.02. The third-order valence-electron chi connectivity index (χ3n) is 4.53. The molecule has 0 atom stereocenters. The highest BCUT2D eigenvalue weighted by Crippen LogP contribution is 2.32. The van der Waals surface area contributed by atoms with Crippen LogP contribution in [0, 0.1) is 0 Å². The molecule has 0 aliphatic carbocycles. The van der Waals surface area contributed by atoms with Crippen molar-refractivity contribution in [3.05, 3.63) is 77.9 Å². The first-order valence-corrected chi connectivity index (χ1v) is 9.57. The van der Waals surface area contributed by atoms with Crippen LogP contribution in [0.15, 0.2) is 66.3 Å². The van der Waals surface area contributed by atoms with Crippen molar-refractivity contribution in [3.63, 3.8) is 0 Å². The number of carbonyl (C=O) groups is 1. The van der Waals surface area contributed by atoms with Gasteiger partial charge in [-0.05, 0) is 53.9 Å². The molecule has 3 aromatic rings. The van der Waals surface area contributed by atoms with Crippen molar-refractivity contribution < 1.29 is 19.4 Å². The molecule has 0 bridgehead atoms. The number of aromatic hydroxyl groups is 1. The second kappa shape index (κ2) is 9.60. The van der Waals surface area contributed by atoms with E-state index in [9.17, 15) is 9.90 Å². The SMILES string of the molecule is C=CCc1cc(/C=N/NC(=O)c2cc3ccccc3cc2OC)cc(OCC)c1O. The summed E-state index contributed by atoms with van der Waals surface area (Å²) in [6.07, 6.45) is 3.67. The van der Waals surface area contributed by atoms with Gasteiger partial charge in [-0.2, -0.15) is 5.10 Å². The average molecular weight is 404 g/mol. The van der Waals surface area contributed by atoms with E-state index in [4.69, 9.17) is 9.47 Å². The van der Waals surface area contributed by atoms with Crippen molar-refractivity contribution in [2.75, 3.05) is 13.7 Å². The zero-order valence-corrected chi connectivity index (χ0v) is 17.0. The Morgan fingerprint density at radius 2 is 1.90 bits per heavy atom. The van der Waals surface area contributed by atoms with Gasteiger partial charge >= 0.3 is 0 Å². The van der Waals surface area contributed by atoms with Crippen molar-refractivity contribution in [1.29, 1.82) is 0 Å². The third-order valence-corrected chi connectivity index (χ3v) is 4.53. The van der Waals surface area contributed by atoms with E-state index in [1.807, 2.05) is 37.3 Å². The van der Waals surface area contributed by atoms with Crippen LogP contribution in [0.1, 0.15) is 28.4 Å². The Balaban J connectivity index is 1.83. The summed E-state index contributed by atoms with van der Waals surface area (Å²) >= 11 is 0. The fraction of sp³-hybridized carbons (Fsp3) is 0.167. The highest BCUT2D eigenvalue weighted by Gasteiger charge is 2.13. The number of benzene rings is 3. The number of rotatable bonds is 8. The van der Waals surface area contributed by atoms with Gasteiger partial charge in [0, 0.05) is 5.56 Å². The monoisotopic (exact) mass is 404 g/mol. The first-order chi connectivity index (χ1) is 14.6. The van der Waals surface area contributed by atoms with E-state index in [1.54, 1.807) is 24.3 Å². The quantitative estimate of drug-likeness (QED) is 0.330. The van der Waals surface area contributed by atoms with Crippen molar-refractivity contribution in [3.8, 4) is 17.2 Å². The lowest BCUT2D eigenvalue weighted by Gasteiger charge is -2.11. The predicted octanol–water partition coefficient (Wildman–Crippen LogP) is 4.45. The lowest BCUT2D eigenvalue weighted by Crippen LogP contribution is -2.18. The number of methoxy groups -OCH3 is 1. The van der Waals surface area contributed by atoms with E-state index >= 15 is 0 Å². The van der Waals surface area contributed by atoms with E-state index in [0.29, 0.717) is 41.2 Å². The fourth-order valence-corrected chi connectivity index (χ4v) is 3.13. The molecule has 0 saturated carbocycles. The van der Waals surface area contributed by atoms with E-state index < -0.39 is 0 Å². The minimum absolute atomic E-state index is 0.0823. The van der Waals surface area contributed by atoms with Crippen molar-refractivity contribution in [2.45, 2.75) is 13.3 Å². The van der Waals surface area contributed by atoms with Crippen LogP contribution in [0.5, 0.6) is 17.2 Å². The second-order valence-electron chi connectivity index (χ2n) is 6.55. The van der Waals surface area contributed by atoms with Gasteiger partial charge in [0.15, 0.2) is 11.5 Å². The standard InChI is InChI=1S/C24H24N2O4/c1-4-8-19-11-16(12-22(23(19)27)30-5-2)15-25-26-24(28)20-13-17-9-6-7-10-18(17)14-21(20)29-3/h4,6-7,9-15,27H,1,5,8H2,2-3H3,(H,26,28)/b25-15+. The van der Waals surface area contributed by atoms with Crippen LogP contribution in [-0.2, 0) is 6.42 Å². The van der Waals surface area contributed by atoms with Gasteiger partial charge in [0.25, 0.3) is 5.91 Å². The summed E-state index contributed by atoms with van der Waals surface area (Å²) in [7, 11) is 1.52. The summed E-state index contributed by atoms with van der Waals surface area (Å²) in [5.41, 5.74) is 4.27. The number of ether oxygens (including phenoxy) is 2. The minimum atomic E-state index is -0.385. The molecule has 0 saturated heterocycles. The molecule has 154 valence electrons. The Kier molecular flexibility index (Phi) is 6.70. The minimum Gasteiger partial charge on any atom is -0.504 e. The Labute approximate surface area is 175 Å². The van der Waals surface area contributed by atoms with Gasteiger partial charge in [0.2, 0.25) is 0 Å². The number of carbonyl (C=O) groups excluding carboxylic acids is 1. The number of hydrogen-bond donors (Lipinski definition) is 2. The third kappa shape index (κ3) is 4.60. The average Bonchev–Trinajstić information content (AvgIpc) is 2.76. The van der Waals surface area contributed by atoms with E-state index in [1.165, 1.54) is 13.3 Å². The molecule has 30 heavy (non-hydrogen) atoms. The first kappa shape index (κ1) is 20.9. The summed E-state index contributed by atoms with van der Waals surface area (Å²) < 4.78 is 10.9. The molecule has 0 aliphatic heterocycles. The van der Waals surface area contributed by atoms with E-state index in [-0.39, 0.29) is 11.7 Å². The van der Waals surface area contributed by atoms with Crippen LogP contribution in [0.2, 0.25) is 0 Å². The van der Waals surface area contributed by atoms with Crippen LogP contribution in [0.3, 0.4) is 0 Å². The predicted molar refractivity (Wildman–Crippen MR) is 119 cm³/mol. The molecular weight excluding hydrogens is 380 g/mol. The smallest absolute Gasteiger partial charge is 0.275 e. The van der Waals surface area contributed by atoms with Crippen molar-refractivity contribution in [1.82, 2.24) is 5.43 Å². The lowest BCUT2D eigenvalue weighted by atomic mass is 10.1. The normalized spacial score (nSPS) is 10.9. The molecule has 1 amide bonds. The fourth-order valence-electron chi connectivity index (χ4n) is 3.13. The molecule has 6 nitrogen and oxygen atoms in total. The number of hydrazone groups is 1. The molecule has 0 aliphatic rings. The second-order valence-corrected chi connectivity index (χ2v) is 6.55. The molecule has 0 heterocycles. The van der Waals surface area contributed by atoms with Crippen LogP contribution in [-0.4, -0.2) is 30.9 Å². The number of phenolic OH excluding ortho intramolecular Hbond substituents is 1. The van der Waals surface area contributed by atoms with Crippen LogP contribution in [0.25, 0.3) is 10.8 Å². The van der Waals surface area contributed by atoms with Gasteiger partial charge in [-0.25, -0.2) is 5.43 Å². The molecule has 0 unspecified atom stereocenters. The lowest BCUT2D eigenvalue weighted by molar-refractivity contribution is 0.0952. The Bertz CT molecular complexity index is 1110. The largest absolute Gasteiger partial charge is 0.504 e. The topological polar surface area (TPSA) is 80.2 Å². The highest BCUT2D eigenvalue weighted by atomic mass is 16.5. The van der Waals surface area contributed by atoms with Crippen LogP contribution in [0.4, 0.5) is 0 Å². The number of nitrogens with one attached hydrogen (secondary N) is 1. The number of nitrogens with zero attached hydrogens (tertiary/aromatic N) is 1. The molecule has 6 heteroatoms. The van der Waals surface area contributed by atoms with Gasteiger partial charge in [-0.3, -0.25) is 4.79 Å². The molecule has 0 aromatic heterocycles. The maximum absolute atomic E-state index is 12.7. The number of fused-ring (bicyclic) bond motifs is 1. The summed E-state index contributed by atoms with van der Waals surface area (Å²) in [6, 6.07) is 14.8. The Hall–Kier alpha value is -3.80. The maximum atomic E-state index is 12.7. The molecule has 0 spiro atoms. The number of hydrogen-bond acceptors (Lipinski definition) is 5. The van der Waals surface area contributed by atoms with Gasteiger partial charge < -0.3 is 14.6 Å². The Morgan fingerprint density at radius 3 is 2.57 bits per heavy atom. The summed E-state index contributed by atoms with van der Waals surface area (Å²) in [5.74, 6) is 0.529. The zero-order chi connectivity index (χ0) is 21.5. The molecule has 0 fully saturated rings. The van der Waals surface area contributed by atoms with Gasteiger partial charge in [-0.1, -0.05) is 30.3 Å². The number of phenols is 1. The first-order valence-electron chi connectivity index (χ1n) is 9.57. The van der Waals surface area contributed by atoms with E-state index in [2.05, 4.69) is 17.1 Å². The number of allylic oxidation sites excluding steroid dienone is 1. The molecule has 3 aromatic carbocycles. The van der Waals surface area contributed by atoms with Gasteiger partial charge in [-0.15, -0.1) is 6.58 Å². The molecule has 2 N–H and O–H groups in total. The molecule has 3 rings (SSSR count). The van der Waals surface area contributed by atoms with Crippen LogP contribution >= 0.6 is 0 Å². The molecular formula is C24H24N2O4. The molecule has 0 radical (unpaired) electrons. The van der Waals surface area contributed by atoms with Gasteiger partial charge in [0.05, 0.1) is 25.5 Å². The maximum Gasteiger partial charge on any atom is 0.275 e. The Morgan fingerprint density at radius 1 is 1.17 bits per heavy atom. The van der Waals surface area contributed by atoms with Crippen LogP contribution < -0.4 is 14.9 Å².